The minimum atomic E-state index is -0.593. The summed E-state index contributed by atoms with van der Waals surface area (Å²) in [7, 11) is 0. The number of piperidine rings is 1. The van der Waals surface area contributed by atoms with Crippen molar-refractivity contribution in [3.8, 4) is 22.3 Å². The van der Waals surface area contributed by atoms with Crippen LogP contribution in [0.1, 0.15) is 39.1 Å². The average Bonchev–Trinajstić information content (AvgIpc) is 3.09. The van der Waals surface area contributed by atoms with Crippen LogP contribution < -0.4 is 22.5 Å². The van der Waals surface area contributed by atoms with E-state index in [-0.39, 0.29) is 29.1 Å². The lowest BCUT2D eigenvalue weighted by atomic mass is 9.97. The highest BCUT2D eigenvalue weighted by Gasteiger charge is 2.23. The van der Waals surface area contributed by atoms with Gasteiger partial charge in [-0.05, 0) is 116 Å². The number of amides is 2. The van der Waals surface area contributed by atoms with Gasteiger partial charge in [-0.25, -0.2) is 14.4 Å². The first-order valence-electron chi connectivity index (χ1n) is 15.9. The summed E-state index contributed by atoms with van der Waals surface area (Å²) in [4.78, 5) is 36.1. The number of rotatable bonds is 7. The molecule has 0 unspecified atom stereocenters. The standard InChI is InChI=1S/C38H33FIN7O2/c39-26-13-21(12-25(14-26)24-5-6-29-31(17-24)35(41)44-18-33(29)37(43)48)20-47-10-8-28(9-11-47)46-38(49)34-19-45-36(42)32-16-23(4-7-30(32)34)22-2-1-3-27(40)15-22/h1-7,12-19,28H,8-11,20H2,(H2,41,44)(H2,42,45)(H2,43,48)(H,46,49). The molecule has 49 heavy (non-hydrogen) atoms. The van der Waals surface area contributed by atoms with E-state index >= 15 is 0 Å². The van der Waals surface area contributed by atoms with Gasteiger partial charge in [0.05, 0.1) is 11.1 Å². The summed E-state index contributed by atoms with van der Waals surface area (Å²) < 4.78 is 16.0. The molecule has 1 saturated heterocycles. The minimum absolute atomic E-state index is 0.00736. The van der Waals surface area contributed by atoms with E-state index < -0.39 is 5.91 Å². The van der Waals surface area contributed by atoms with Gasteiger partial charge in [0.1, 0.15) is 17.5 Å². The molecule has 0 aliphatic carbocycles. The van der Waals surface area contributed by atoms with Gasteiger partial charge in [0, 0.05) is 52.4 Å². The molecule has 0 spiro atoms. The lowest BCUT2D eigenvalue weighted by Crippen LogP contribution is -2.44. The number of halogens is 2. The van der Waals surface area contributed by atoms with Gasteiger partial charge in [-0.1, -0.05) is 36.4 Å². The largest absolute Gasteiger partial charge is 0.383 e. The number of benzene rings is 4. The number of nitrogen functional groups attached to an aromatic ring is 2. The zero-order valence-corrected chi connectivity index (χ0v) is 28.6. The van der Waals surface area contributed by atoms with Crippen molar-refractivity contribution in [3.63, 3.8) is 0 Å². The molecule has 7 N–H and O–H groups in total. The van der Waals surface area contributed by atoms with Crippen molar-refractivity contribution in [3.05, 3.63) is 117 Å². The van der Waals surface area contributed by atoms with Crippen LogP contribution >= 0.6 is 22.6 Å². The summed E-state index contributed by atoms with van der Waals surface area (Å²) in [5.41, 5.74) is 23.0. The minimum Gasteiger partial charge on any atom is -0.383 e. The van der Waals surface area contributed by atoms with E-state index in [1.807, 2.05) is 48.5 Å². The van der Waals surface area contributed by atoms with Gasteiger partial charge in [0.2, 0.25) is 0 Å². The molecular weight excluding hydrogens is 732 g/mol. The number of nitrogens with one attached hydrogen (secondary N) is 1. The van der Waals surface area contributed by atoms with E-state index in [1.165, 1.54) is 12.3 Å². The van der Waals surface area contributed by atoms with Crippen molar-refractivity contribution in [1.82, 2.24) is 20.2 Å². The highest BCUT2D eigenvalue weighted by molar-refractivity contribution is 14.1. The zero-order chi connectivity index (χ0) is 34.2. The molecule has 3 heterocycles. The normalized spacial score (nSPS) is 13.9. The number of aromatic nitrogens is 2. The Balaban J connectivity index is 1.02. The van der Waals surface area contributed by atoms with Crippen LogP contribution in [0.3, 0.4) is 0 Å². The predicted molar refractivity (Wildman–Crippen MR) is 200 cm³/mol. The molecule has 0 saturated carbocycles. The Labute approximate surface area is 295 Å². The maximum absolute atomic E-state index is 14.9. The summed E-state index contributed by atoms with van der Waals surface area (Å²) in [5.74, 6) is -0.471. The topological polar surface area (TPSA) is 153 Å². The molecular formula is C38H33FIN7O2. The van der Waals surface area contributed by atoms with Gasteiger partial charge in [0.25, 0.3) is 11.8 Å². The molecule has 1 aliphatic heterocycles. The SMILES string of the molecule is NC(=O)c1cnc(N)c2cc(-c3cc(F)cc(CN4CCC(NC(=O)c5cnc(N)c6cc(-c7cccc(I)c7)ccc56)CC4)c3)ccc12. The Bertz CT molecular complexity index is 2270. The molecule has 0 atom stereocenters. The fraction of sp³-hybridized carbons (Fsp3) is 0.158. The zero-order valence-electron chi connectivity index (χ0n) is 26.4. The molecule has 2 amide bonds. The van der Waals surface area contributed by atoms with Crippen LogP contribution in [0.15, 0.2) is 91.3 Å². The summed E-state index contributed by atoms with van der Waals surface area (Å²) in [6.45, 7) is 2.04. The number of carbonyl (C=O) groups is 2. The van der Waals surface area contributed by atoms with E-state index in [0.717, 1.165) is 62.5 Å². The fourth-order valence-electron chi connectivity index (χ4n) is 6.60. The highest BCUT2D eigenvalue weighted by Crippen LogP contribution is 2.32. The van der Waals surface area contributed by atoms with Gasteiger partial charge in [-0.2, -0.15) is 0 Å². The van der Waals surface area contributed by atoms with Crippen LogP contribution in [0, 0.1) is 9.39 Å². The first kappa shape index (κ1) is 32.4. The van der Waals surface area contributed by atoms with E-state index in [1.54, 1.807) is 24.4 Å². The second-order valence-electron chi connectivity index (χ2n) is 12.4. The van der Waals surface area contributed by atoms with Crippen LogP contribution in [0.4, 0.5) is 16.0 Å². The third-order valence-electron chi connectivity index (χ3n) is 9.12. The van der Waals surface area contributed by atoms with Gasteiger partial charge in [-0.15, -0.1) is 0 Å². The predicted octanol–water partition coefficient (Wildman–Crippen LogP) is 6.52. The Kier molecular flexibility index (Phi) is 8.86. The summed E-state index contributed by atoms with van der Waals surface area (Å²) >= 11 is 2.29. The molecule has 0 bridgehead atoms. The fourth-order valence-corrected chi connectivity index (χ4v) is 7.14. The molecule has 0 radical (unpaired) electrons. The first-order chi connectivity index (χ1) is 23.6. The average molecular weight is 766 g/mol. The Hall–Kier alpha value is -5.14. The number of carbonyl (C=O) groups excluding carboxylic acids is 2. The number of pyridine rings is 2. The van der Waals surface area contributed by atoms with Gasteiger partial charge < -0.3 is 22.5 Å². The maximum Gasteiger partial charge on any atom is 0.253 e. The Morgan fingerprint density at radius 3 is 2.04 bits per heavy atom. The molecule has 1 aliphatic rings. The Morgan fingerprint density at radius 2 is 1.39 bits per heavy atom. The number of hydrogen-bond donors (Lipinski definition) is 4. The van der Waals surface area contributed by atoms with Crippen LogP contribution in [-0.4, -0.2) is 45.8 Å². The molecule has 7 rings (SSSR count). The van der Waals surface area contributed by atoms with E-state index in [9.17, 15) is 14.0 Å². The lowest BCUT2D eigenvalue weighted by molar-refractivity contribution is 0.0909. The number of fused-ring (bicyclic) bond motifs is 2. The molecule has 9 nitrogen and oxygen atoms in total. The smallest absolute Gasteiger partial charge is 0.253 e. The van der Waals surface area contributed by atoms with Crippen molar-refractivity contribution < 1.29 is 14.0 Å². The molecule has 6 aromatic rings. The van der Waals surface area contributed by atoms with Crippen molar-refractivity contribution >= 4 is 67.6 Å². The molecule has 1 fully saturated rings. The first-order valence-corrected chi connectivity index (χ1v) is 17.0. The number of nitrogens with two attached hydrogens (primary N) is 3. The lowest BCUT2D eigenvalue weighted by Gasteiger charge is -2.32. The van der Waals surface area contributed by atoms with Crippen LogP contribution in [0.25, 0.3) is 43.8 Å². The second-order valence-corrected chi connectivity index (χ2v) is 13.6. The van der Waals surface area contributed by atoms with Crippen molar-refractivity contribution in [2.45, 2.75) is 25.4 Å². The summed E-state index contributed by atoms with van der Waals surface area (Å²) in [6, 6.07) is 24.5. The third-order valence-corrected chi connectivity index (χ3v) is 9.80. The molecule has 11 heteroatoms. The van der Waals surface area contributed by atoms with Crippen LogP contribution in [-0.2, 0) is 6.54 Å². The molecule has 4 aromatic carbocycles. The number of nitrogens with zero attached hydrogens (tertiary/aromatic N) is 3. The number of primary amides is 1. The third kappa shape index (κ3) is 6.76. The van der Waals surface area contributed by atoms with E-state index in [2.05, 4.69) is 48.8 Å². The van der Waals surface area contributed by atoms with Crippen molar-refractivity contribution in [1.29, 1.82) is 0 Å². The second kappa shape index (κ2) is 13.4. The van der Waals surface area contributed by atoms with E-state index in [4.69, 9.17) is 17.2 Å². The Morgan fingerprint density at radius 1 is 0.776 bits per heavy atom. The number of hydrogen-bond acceptors (Lipinski definition) is 7. The quantitative estimate of drug-likeness (QED) is 0.135. The molecule has 246 valence electrons. The summed E-state index contributed by atoms with van der Waals surface area (Å²) in [6.07, 6.45) is 4.42. The van der Waals surface area contributed by atoms with Gasteiger partial charge in [0.15, 0.2) is 0 Å². The van der Waals surface area contributed by atoms with Crippen molar-refractivity contribution in [2.24, 2.45) is 5.73 Å². The number of likely N-dealkylation sites (tertiary alicyclic amines) is 1. The van der Waals surface area contributed by atoms with Crippen molar-refractivity contribution in [2.75, 3.05) is 24.6 Å². The van der Waals surface area contributed by atoms with E-state index in [0.29, 0.717) is 34.3 Å². The van der Waals surface area contributed by atoms with Gasteiger partial charge in [-0.3, -0.25) is 14.5 Å². The molecule has 2 aromatic heterocycles. The maximum atomic E-state index is 14.9. The highest BCUT2D eigenvalue weighted by atomic mass is 127. The van der Waals surface area contributed by atoms with Gasteiger partial charge >= 0.3 is 0 Å². The summed E-state index contributed by atoms with van der Waals surface area (Å²) in [5, 5.41) is 5.89. The van der Waals surface area contributed by atoms with Crippen LogP contribution in [0.2, 0.25) is 0 Å². The monoisotopic (exact) mass is 765 g/mol. The van der Waals surface area contributed by atoms with Crippen LogP contribution in [0.5, 0.6) is 0 Å². The number of anilines is 2.